The molecule has 3 saturated heterocycles. The second-order valence-electron chi connectivity index (χ2n) is 20.8. The SMILES string of the molecule is CO[C@H]1O[C@H](CO[C@H]2O[C@H](CO[Si](c3ccccc3)(c3ccccc3)C(C)(C)C)[C@@H](O)[C@H](O[C@H]3O[C@H](CO[Si](c4ccccc4)(c4ccccc4)C(C)(C)C)[C@@H](O)[C@H](O)[C@@H]3O)[C@@H]2O)[C@@H](OC)[C@H](OC)[C@H]1OC. The lowest BCUT2D eigenvalue weighted by molar-refractivity contribution is -0.365. The third-order valence-corrected chi connectivity index (χ3v) is 24.4. The summed E-state index contributed by atoms with van der Waals surface area (Å²) in [5.41, 5.74) is 0. The zero-order valence-corrected chi connectivity index (χ0v) is 45.1. The van der Waals surface area contributed by atoms with Crippen molar-refractivity contribution in [1.82, 2.24) is 0 Å². The quantitative estimate of drug-likeness (QED) is 0.0856. The van der Waals surface area contributed by atoms with E-state index >= 15 is 0 Å². The molecule has 0 unspecified atom stereocenters. The molecule has 5 N–H and O–H groups in total. The average Bonchev–Trinajstić information content (AvgIpc) is 3.38. The fourth-order valence-corrected chi connectivity index (χ4v) is 19.9. The Balaban J connectivity index is 1.21. The van der Waals surface area contributed by atoms with E-state index in [1.807, 2.05) is 121 Å². The summed E-state index contributed by atoms with van der Waals surface area (Å²) in [7, 11) is -0.397. The first-order valence-corrected chi connectivity index (χ1v) is 28.4. The first kappa shape index (κ1) is 56.4. The highest BCUT2D eigenvalue weighted by molar-refractivity contribution is 7.00. The second-order valence-corrected chi connectivity index (χ2v) is 29.4. The first-order valence-electron chi connectivity index (χ1n) is 24.6. The summed E-state index contributed by atoms with van der Waals surface area (Å²) in [6.07, 6.45) is -19.5. The van der Waals surface area contributed by atoms with Gasteiger partial charge in [-0.15, -0.1) is 0 Å². The predicted octanol–water partition coefficient (Wildman–Crippen LogP) is 2.21. The molecule has 72 heavy (non-hydrogen) atoms. The molecule has 3 aliphatic rings. The van der Waals surface area contributed by atoms with Crippen molar-refractivity contribution in [1.29, 1.82) is 0 Å². The van der Waals surface area contributed by atoms with Gasteiger partial charge in [0.1, 0.15) is 73.2 Å². The molecule has 0 radical (unpaired) electrons. The Hall–Kier alpha value is -3.33. The van der Waals surface area contributed by atoms with Crippen LogP contribution in [0.15, 0.2) is 121 Å². The van der Waals surface area contributed by atoms with Crippen LogP contribution in [0, 0.1) is 0 Å². The maximum absolute atomic E-state index is 12.4. The summed E-state index contributed by atoms with van der Waals surface area (Å²) in [5.74, 6) is 0. The molecular formula is C54H76O16Si2. The lowest BCUT2D eigenvalue weighted by Gasteiger charge is -2.49. The molecule has 0 amide bonds. The normalized spacial score (nSPS) is 31.8. The molecule has 0 aliphatic carbocycles. The molecule has 7 rings (SSSR count). The van der Waals surface area contributed by atoms with Gasteiger partial charge in [-0.1, -0.05) is 163 Å². The molecule has 0 saturated carbocycles. The summed E-state index contributed by atoms with van der Waals surface area (Å²) >= 11 is 0. The molecule has 0 aromatic heterocycles. The molecule has 15 atom stereocenters. The van der Waals surface area contributed by atoms with E-state index in [4.69, 9.17) is 51.5 Å². The van der Waals surface area contributed by atoms with Gasteiger partial charge in [0.25, 0.3) is 16.6 Å². The second kappa shape index (κ2) is 24.1. The first-order chi connectivity index (χ1) is 34.4. The largest absolute Gasteiger partial charge is 0.405 e. The predicted molar refractivity (Wildman–Crippen MR) is 273 cm³/mol. The molecule has 3 aliphatic heterocycles. The lowest BCUT2D eigenvalue weighted by atomic mass is 9.96. The van der Waals surface area contributed by atoms with E-state index in [0.29, 0.717) is 0 Å². The number of methoxy groups -OCH3 is 4. The maximum atomic E-state index is 12.4. The summed E-state index contributed by atoms with van der Waals surface area (Å²) < 4.78 is 69.3. The molecule has 16 nitrogen and oxygen atoms in total. The van der Waals surface area contributed by atoms with Crippen LogP contribution in [0.2, 0.25) is 10.1 Å². The highest BCUT2D eigenvalue weighted by Crippen LogP contribution is 2.40. The van der Waals surface area contributed by atoms with E-state index in [0.717, 1.165) is 20.7 Å². The topological polar surface area (TPSA) is 203 Å². The maximum Gasteiger partial charge on any atom is 0.261 e. The van der Waals surface area contributed by atoms with Crippen LogP contribution in [0.5, 0.6) is 0 Å². The van der Waals surface area contributed by atoms with Crippen LogP contribution in [0.1, 0.15) is 41.5 Å². The van der Waals surface area contributed by atoms with Gasteiger partial charge in [-0.25, -0.2) is 0 Å². The number of aliphatic hydroxyl groups is 5. The Bertz CT molecular complexity index is 2160. The molecule has 4 aromatic carbocycles. The van der Waals surface area contributed by atoms with Gasteiger partial charge in [-0.2, -0.15) is 0 Å². The van der Waals surface area contributed by atoms with E-state index in [1.165, 1.54) is 28.4 Å². The van der Waals surface area contributed by atoms with Crippen molar-refractivity contribution in [3.05, 3.63) is 121 Å². The molecule has 3 heterocycles. The van der Waals surface area contributed by atoms with E-state index in [2.05, 4.69) is 41.5 Å². The third-order valence-electron chi connectivity index (χ3n) is 14.4. The summed E-state index contributed by atoms with van der Waals surface area (Å²) in [5, 5.41) is 62.3. The Kier molecular flexibility index (Phi) is 18.9. The number of hydrogen-bond donors (Lipinski definition) is 5. The van der Waals surface area contributed by atoms with Crippen LogP contribution >= 0.6 is 0 Å². The molecule has 396 valence electrons. The van der Waals surface area contributed by atoms with Gasteiger partial charge in [0.2, 0.25) is 0 Å². The van der Waals surface area contributed by atoms with E-state index in [9.17, 15) is 25.5 Å². The molecule has 18 heteroatoms. The number of aliphatic hydroxyl groups excluding tert-OH is 5. The van der Waals surface area contributed by atoms with Crippen LogP contribution in [0.25, 0.3) is 0 Å². The van der Waals surface area contributed by atoms with Crippen LogP contribution in [0.4, 0.5) is 0 Å². The fourth-order valence-electron chi connectivity index (χ4n) is 10.8. The fraction of sp³-hybridized carbons (Fsp3) is 0.556. The monoisotopic (exact) mass is 1040 g/mol. The van der Waals surface area contributed by atoms with Gasteiger partial charge >= 0.3 is 0 Å². The number of benzene rings is 4. The van der Waals surface area contributed by atoms with Gasteiger partial charge in [0.15, 0.2) is 18.9 Å². The minimum absolute atomic E-state index is 0.196. The minimum atomic E-state index is -3.23. The van der Waals surface area contributed by atoms with Crippen molar-refractivity contribution in [3.8, 4) is 0 Å². The molecule has 4 aromatic rings. The lowest BCUT2D eigenvalue weighted by Crippen LogP contribution is -2.69. The molecular weight excluding hydrogens is 961 g/mol. The highest BCUT2D eigenvalue weighted by atomic mass is 28.4. The minimum Gasteiger partial charge on any atom is -0.405 e. The Morgan fingerprint density at radius 3 is 1.17 bits per heavy atom. The van der Waals surface area contributed by atoms with Crippen molar-refractivity contribution < 1.29 is 77.0 Å². The van der Waals surface area contributed by atoms with E-state index in [1.54, 1.807) is 0 Å². The van der Waals surface area contributed by atoms with Crippen LogP contribution in [0.3, 0.4) is 0 Å². The number of ether oxygens (including phenoxy) is 9. The van der Waals surface area contributed by atoms with E-state index < -0.39 is 119 Å². The number of rotatable bonds is 19. The molecule has 0 bridgehead atoms. The molecule has 3 fully saturated rings. The zero-order valence-electron chi connectivity index (χ0n) is 43.1. The Morgan fingerprint density at radius 2 is 0.778 bits per heavy atom. The summed E-state index contributed by atoms with van der Waals surface area (Å²) in [6.45, 7) is 12.1. The Morgan fingerprint density at radius 1 is 0.389 bits per heavy atom. The van der Waals surface area contributed by atoms with Gasteiger partial charge in [-0.3, -0.25) is 0 Å². The van der Waals surface area contributed by atoms with Crippen molar-refractivity contribution in [2.45, 2.75) is 144 Å². The van der Waals surface area contributed by atoms with Gasteiger partial charge in [0, 0.05) is 28.4 Å². The van der Waals surface area contributed by atoms with Crippen LogP contribution in [-0.4, -0.2) is 183 Å². The van der Waals surface area contributed by atoms with Crippen LogP contribution in [-0.2, 0) is 51.5 Å². The average molecular weight is 1040 g/mol. The van der Waals surface area contributed by atoms with Crippen molar-refractivity contribution in [3.63, 3.8) is 0 Å². The third kappa shape index (κ3) is 11.3. The van der Waals surface area contributed by atoms with Gasteiger partial charge in [-0.05, 0) is 30.8 Å². The van der Waals surface area contributed by atoms with Crippen molar-refractivity contribution >= 4 is 37.4 Å². The zero-order chi connectivity index (χ0) is 52.0. The van der Waals surface area contributed by atoms with Gasteiger partial charge in [0.05, 0.1) is 19.8 Å². The highest BCUT2D eigenvalue weighted by Gasteiger charge is 2.57. The Labute approximate surface area is 426 Å². The molecule has 0 spiro atoms. The standard InChI is InChI=1S/C54H76O16Si2/c1-53(2,3)71(34-23-15-11-16-24-34,35-25-17-12-18-26-35)65-32-38-41(55)43(57)44(58)51(68-38)70-47-42(56)39(33-66-72(54(4,5)6,36-27-19-13-20-28-36)37-29-21-14-22-30-37)67-50(45(47)59)64-31-40-46(60-7)48(61-8)49(62-9)52(63-10)69-40/h11-30,38-52,55-59H,31-33H2,1-10H3/t38-,39-,40-,41-,42-,43+,44+,45+,46-,47+,48+,49-,50+,51-,52+/m1/s1. The van der Waals surface area contributed by atoms with Crippen molar-refractivity contribution in [2.24, 2.45) is 0 Å². The van der Waals surface area contributed by atoms with Crippen LogP contribution < -0.4 is 20.7 Å². The van der Waals surface area contributed by atoms with Crippen molar-refractivity contribution in [2.75, 3.05) is 48.3 Å². The van der Waals surface area contributed by atoms with E-state index in [-0.39, 0.29) is 19.8 Å². The summed E-state index contributed by atoms with van der Waals surface area (Å²) in [6, 6.07) is 39.8. The number of hydrogen-bond acceptors (Lipinski definition) is 16. The van der Waals surface area contributed by atoms with Gasteiger partial charge < -0.3 is 77.0 Å². The smallest absolute Gasteiger partial charge is 0.261 e. The summed E-state index contributed by atoms with van der Waals surface area (Å²) in [4.78, 5) is 0.